The van der Waals surface area contributed by atoms with Gasteiger partial charge in [-0.1, -0.05) is 41.9 Å². The fraction of sp³-hybridized carbons (Fsp3) is 0.0952. The van der Waals surface area contributed by atoms with Crippen LogP contribution in [0.2, 0.25) is 5.02 Å². The highest BCUT2D eigenvalue weighted by molar-refractivity contribution is 9.10. The molecule has 0 aliphatic rings. The van der Waals surface area contributed by atoms with E-state index in [2.05, 4.69) is 44.0 Å². The Morgan fingerprint density at radius 3 is 2.30 bits per heavy atom. The summed E-state index contributed by atoms with van der Waals surface area (Å²) in [6, 6.07) is 20.2. The SMILES string of the molecule is O=C(Oc1ccc(Cl)cc1Br)c1ccc(OCCc2ccccc2)c(Br)c1. The molecule has 3 aromatic carbocycles. The quantitative estimate of drug-likeness (QED) is 0.273. The van der Waals surface area contributed by atoms with Crippen LogP contribution in [0.15, 0.2) is 75.7 Å². The molecule has 0 aromatic heterocycles. The third-order valence-electron chi connectivity index (χ3n) is 3.76. The molecule has 3 aromatic rings. The van der Waals surface area contributed by atoms with Crippen molar-refractivity contribution in [3.8, 4) is 11.5 Å². The van der Waals surface area contributed by atoms with E-state index in [1.807, 2.05) is 18.2 Å². The minimum atomic E-state index is -0.463. The fourth-order valence-electron chi connectivity index (χ4n) is 2.39. The molecule has 0 saturated carbocycles. The lowest BCUT2D eigenvalue weighted by atomic mass is 10.2. The summed E-state index contributed by atoms with van der Waals surface area (Å²) in [6.07, 6.45) is 0.807. The highest BCUT2D eigenvalue weighted by Gasteiger charge is 2.13. The van der Waals surface area contributed by atoms with E-state index in [4.69, 9.17) is 21.1 Å². The van der Waals surface area contributed by atoms with Crippen LogP contribution < -0.4 is 9.47 Å². The summed E-state index contributed by atoms with van der Waals surface area (Å²) >= 11 is 12.7. The second kappa shape index (κ2) is 9.40. The van der Waals surface area contributed by atoms with Crippen molar-refractivity contribution in [2.45, 2.75) is 6.42 Å². The van der Waals surface area contributed by atoms with E-state index in [1.165, 1.54) is 5.56 Å². The Bertz CT molecular complexity index is 945. The Kier molecular flexibility index (Phi) is 6.94. The molecule has 0 amide bonds. The van der Waals surface area contributed by atoms with E-state index in [1.54, 1.807) is 36.4 Å². The lowest BCUT2D eigenvalue weighted by Crippen LogP contribution is -2.09. The van der Waals surface area contributed by atoms with Crippen molar-refractivity contribution in [1.29, 1.82) is 0 Å². The standard InChI is InChI=1S/C21H15Br2ClO3/c22-17-12-15(21(25)27-20-9-7-16(24)13-18(20)23)6-8-19(17)26-11-10-14-4-2-1-3-5-14/h1-9,12-13H,10-11H2. The minimum absolute atomic E-state index is 0.406. The molecule has 0 unspecified atom stereocenters. The molecule has 0 radical (unpaired) electrons. The Balaban J connectivity index is 1.62. The number of benzene rings is 3. The summed E-state index contributed by atoms with van der Waals surface area (Å²) in [5.74, 6) is 0.619. The van der Waals surface area contributed by atoms with Crippen LogP contribution in [0.25, 0.3) is 0 Å². The van der Waals surface area contributed by atoms with Gasteiger partial charge >= 0.3 is 5.97 Å². The normalized spacial score (nSPS) is 10.5. The second-order valence-corrected chi connectivity index (χ2v) is 7.84. The van der Waals surface area contributed by atoms with Crippen LogP contribution in [0.3, 0.4) is 0 Å². The van der Waals surface area contributed by atoms with Crippen molar-refractivity contribution in [2.24, 2.45) is 0 Å². The van der Waals surface area contributed by atoms with Crippen molar-refractivity contribution in [3.05, 3.63) is 91.8 Å². The molecule has 3 nitrogen and oxygen atoms in total. The average Bonchev–Trinajstić information content (AvgIpc) is 2.66. The Labute approximate surface area is 179 Å². The number of esters is 1. The third-order valence-corrected chi connectivity index (χ3v) is 5.23. The molecule has 0 fully saturated rings. The first-order chi connectivity index (χ1) is 13.0. The van der Waals surface area contributed by atoms with E-state index >= 15 is 0 Å². The van der Waals surface area contributed by atoms with Crippen molar-refractivity contribution in [3.63, 3.8) is 0 Å². The van der Waals surface area contributed by atoms with Gasteiger partial charge in [0.25, 0.3) is 0 Å². The van der Waals surface area contributed by atoms with Gasteiger partial charge < -0.3 is 9.47 Å². The van der Waals surface area contributed by atoms with Crippen molar-refractivity contribution in [2.75, 3.05) is 6.61 Å². The second-order valence-electron chi connectivity index (χ2n) is 5.69. The molecule has 0 aliphatic carbocycles. The molecule has 0 N–H and O–H groups in total. The van der Waals surface area contributed by atoms with Crippen LogP contribution in [0.1, 0.15) is 15.9 Å². The van der Waals surface area contributed by atoms with E-state index in [0.29, 0.717) is 37.6 Å². The van der Waals surface area contributed by atoms with Crippen LogP contribution in [-0.4, -0.2) is 12.6 Å². The number of hydrogen-bond acceptors (Lipinski definition) is 3. The summed E-state index contributed by atoms with van der Waals surface area (Å²) in [4.78, 5) is 12.4. The molecule has 0 bridgehead atoms. The first-order valence-corrected chi connectivity index (χ1v) is 10.1. The minimum Gasteiger partial charge on any atom is -0.492 e. The lowest BCUT2D eigenvalue weighted by molar-refractivity contribution is 0.0733. The summed E-state index contributed by atoms with van der Waals surface area (Å²) in [6.45, 7) is 0.546. The first kappa shape index (κ1) is 19.9. The molecule has 0 saturated heterocycles. The molecule has 3 rings (SSSR count). The summed E-state index contributed by atoms with van der Waals surface area (Å²) < 4.78 is 12.5. The molecular weight excluding hydrogens is 495 g/mol. The molecule has 27 heavy (non-hydrogen) atoms. The van der Waals surface area contributed by atoms with Crippen molar-refractivity contribution >= 4 is 49.4 Å². The number of carbonyl (C=O) groups is 1. The maximum atomic E-state index is 12.4. The average molecular weight is 511 g/mol. The highest BCUT2D eigenvalue weighted by atomic mass is 79.9. The maximum absolute atomic E-state index is 12.4. The number of carbonyl (C=O) groups excluding carboxylic acids is 1. The summed E-state index contributed by atoms with van der Waals surface area (Å²) in [5, 5.41) is 0.557. The van der Waals surface area contributed by atoms with Crippen LogP contribution in [0.4, 0.5) is 0 Å². The molecule has 0 aliphatic heterocycles. The van der Waals surface area contributed by atoms with Gasteiger partial charge in [-0.3, -0.25) is 0 Å². The molecule has 0 heterocycles. The Morgan fingerprint density at radius 2 is 1.59 bits per heavy atom. The predicted molar refractivity (Wildman–Crippen MR) is 114 cm³/mol. The number of halogens is 3. The van der Waals surface area contributed by atoms with Crippen LogP contribution in [0.5, 0.6) is 11.5 Å². The molecular formula is C21H15Br2ClO3. The van der Waals surface area contributed by atoms with Gasteiger partial charge in [0, 0.05) is 11.4 Å². The van der Waals surface area contributed by atoms with Crippen LogP contribution in [0, 0.1) is 0 Å². The maximum Gasteiger partial charge on any atom is 0.343 e. The Hall–Kier alpha value is -1.82. The number of ether oxygens (including phenoxy) is 2. The van der Waals surface area contributed by atoms with Gasteiger partial charge in [-0.25, -0.2) is 4.79 Å². The zero-order chi connectivity index (χ0) is 19.2. The van der Waals surface area contributed by atoms with Gasteiger partial charge in [0.2, 0.25) is 0 Å². The van der Waals surface area contributed by atoms with Gasteiger partial charge in [-0.15, -0.1) is 0 Å². The van der Waals surface area contributed by atoms with Crippen molar-refractivity contribution < 1.29 is 14.3 Å². The Morgan fingerprint density at radius 1 is 0.889 bits per heavy atom. The molecule has 138 valence electrons. The smallest absolute Gasteiger partial charge is 0.343 e. The van der Waals surface area contributed by atoms with Gasteiger partial charge in [-0.05, 0) is 73.8 Å². The van der Waals surface area contributed by atoms with E-state index < -0.39 is 5.97 Å². The van der Waals surface area contributed by atoms with E-state index in [-0.39, 0.29) is 0 Å². The van der Waals surface area contributed by atoms with Crippen molar-refractivity contribution in [1.82, 2.24) is 0 Å². The first-order valence-electron chi connectivity index (χ1n) is 8.16. The van der Waals surface area contributed by atoms with E-state index in [9.17, 15) is 4.79 Å². The van der Waals surface area contributed by atoms with Gasteiger partial charge in [0.05, 0.1) is 21.1 Å². The monoisotopic (exact) mass is 508 g/mol. The number of hydrogen-bond donors (Lipinski definition) is 0. The topological polar surface area (TPSA) is 35.5 Å². The van der Waals surface area contributed by atoms with Gasteiger partial charge in [-0.2, -0.15) is 0 Å². The van der Waals surface area contributed by atoms with Gasteiger partial charge in [0.1, 0.15) is 11.5 Å². The number of rotatable bonds is 6. The van der Waals surface area contributed by atoms with Gasteiger partial charge in [0.15, 0.2) is 0 Å². The highest BCUT2D eigenvalue weighted by Crippen LogP contribution is 2.30. The lowest BCUT2D eigenvalue weighted by Gasteiger charge is -2.10. The summed E-state index contributed by atoms with van der Waals surface area (Å²) in [5.41, 5.74) is 1.63. The van der Waals surface area contributed by atoms with Crippen LogP contribution >= 0.6 is 43.5 Å². The summed E-state index contributed by atoms with van der Waals surface area (Å²) in [7, 11) is 0. The van der Waals surface area contributed by atoms with E-state index in [0.717, 1.165) is 6.42 Å². The largest absolute Gasteiger partial charge is 0.492 e. The third kappa shape index (κ3) is 5.58. The zero-order valence-corrected chi connectivity index (χ0v) is 18.1. The molecule has 0 atom stereocenters. The van der Waals surface area contributed by atoms with Crippen LogP contribution in [-0.2, 0) is 6.42 Å². The predicted octanol–water partition coefficient (Wildman–Crippen LogP) is 6.71. The molecule has 6 heteroatoms. The molecule has 0 spiro atoms. The fourth-order valence-corrected chi connectivity index (χ4v) is 3.64. The zero-order valence-electron chi connectivity index (χ0n) is 14.1.